The maximum absolute atomic E-state index is 6.29. The third-order valence-corrected chi connectivity index (χ3v) is 4.75. The maximum Gasteiger partial charge on any atom is 0.0805 e. The molecule has 0 bridgehead atoms. The van der Waals surface area contributed by atoms with Crippen molar-refractivity contribution in [1.29, 1.82) is 0 Å². The largest absolute Gasteiger partial charge is 0.381 e. The number of rotatable bonds is 6. The van der Waals surface area contributed by atoms with Crippen LogP contribution in [0.1, 0.15) is 58.3 Å². The lowest BCUT2D eigenvalue weighted by atomic mass is 9.88. The molecule has 0 aromatic rings. The minimum atomic E-state index is -0.0430. The zero-order chi connectivity index (χ0) is 12.8. The van der Waals surface area contributed by atoms with Gasteiger partial charge in [0.2, 0.25) is 0 Å². The molecule has 2 rings (SSSR count). The van der Waals surface area contributed by atoms with Crippen molar-refractivity contribution in [2.45, 2.75) is 69.9 Å². The Morgan fingerprint density at radius 3 is 2.67 bits per heavy atom. The Morgan fingerprint density at radius 1 is 1.22 bits per heavy atom. The molecule has 0 aromatic carbocycles. The number of ether oxygens (including phenoxy) is 2. The number of hydrogen-bond donors (Lipinski definition) is 1. The van der Waals surface area contributed by atoms with Crippen LogP contribution in [0.5, 0.6) is 0 Å². The zero-order valence-electron chi connectivity index (χ0n) is 11.8. The van der Waals surface area contributed by atoms with Gasteiger partial charge in [0.25, 0.3) is 0 Å². The van der Waals surface area contributed by atoms with Crippen molar-refractivity contribution in [2.24, 2.45) is 11.7 Å². The van der Waals surface area contributed by atoms with Gasteiger partial charge in [-0.2, -0.15) is 0 Å². The van der Waals surface area contributed by atoms with Crippen LogP contribution in [0.25, 0.3) is 0 Å². The average Bonchev–Trinajstić information content (AvgIpc) is 2.84. The van der Waals surface area contributed by atoms with Gasteiger partial charge < -0.3 is 15.2 Å². The first-order chi connectivity index (χ1) is 8.71. The summed E-state index contributed by atoms with van der Waals surface area (Å²) >= 11 is 0. The molecule has 2 unspecified atom stereocenters. The predicted octanol–water partition coefficient (Wildman–Crippen LogP) is 2.87. The quantitative estimate of drug-likeness (QED) is 0.742. The molecular weight excluding hydrogens is 226 g/mol. The van der Waals surface area contributed by atoms with E-state index in [0.29, 0.717) is 0 Å². The molecule has 0 spiro atoms. The molecule has 0 aromatic heterocycles. The van der Waals surface area contributed by atoms with Crippen molar-refractivity contribution in [1.82, 2.24) is 0 Å². The molecule has 0 radical (unpaired) electrons. The first kappa shape index (κ1) is 14.3. The minimum Gasteiger partial charge on any atom is -0.381 e. The third-order valence-electron chi connectivity index (χ3n) is 4.75. The first-order valence-electron chi connectivity index (χ1n) is 7.68. The van der Waals surface area contributed by atoms with Gasteiger partial charge in [0.05, 0.1) is 5.60 Å². The van der Waals surface area contributed by atoms with Crippen LogP contribution in [0.2, 0.25) is 0 Å². The van der Waals surface area contributed by atoms with Gasteiger partial charge in [0, 0.05) is 25.9 Å². The van der Waals surface area contributed by atoms with Crippen molar-refractivity contribution in [3.63, 3.8) is 0 Å². The Hall–Kier alpha value is -0.120. The van der Waals surface area contributed by atoms with E-state index in [1.165, 1.54) is 38.5 Å². The summed E-state index contributed by atoms with van der Waals surface area (Å²) in [6.45, 7) is 5.02. The Bertz CT molecular complexity index is 233. The first-order valence-corrected chi connectivity index (χ1v) is 7.68. The van der Waals surface area contributed by atoms with Gasteiger partial charge in [-0.3, -0.25) is 0 Å². The molecule has 2 atom stereocenters. The molecule has 2 fully saturated rings. The van der Waals surface area contributed by atoms with Crippen LogP contribution < -0.4 is 5.73 Å². The van der Waals surface area contributed by atoms with E-state index in [4.69, 9.17) is 15.2 Å². The highest BCUT2D eigenvalue weighted by atomic mass is 16.5. The Labute approximate surface area is 111 Å². The molecule has 2 aliphatic heterocycles. The third kappa shape index (κ3) is 3.94. The van der Waals surface area contributed by atoms with Crippen LogP contribution in [-0.4, -0.2) is 31.5 Å². The second-order valence-electron chi connectivity index (χ2n) is 6.21. The lowest BCUT2D eigenvalue weighted by Crippen LogP contribution is -2.44. The van der Waals surface area contributed by atoms with E-state index in [9.17, 15) is 0 Å². The molecule has 0 amide bonds. The molecule has 0 saturated carbocycles. The van der Waals surface area contributed by atoms with E-state index in [1.807, 2.05) is 0 Å². The molecule has 106 valence electrons. The van der Waals surface area contributed by atoms with Gasteiger partial charge in [0.1, 0.15) is 0 Å². The molecule has 2 aliphatic rings. The Balaban J connectivity index is 1.57. The van der Waals surface area contributed by atoms with E-state index < -0.39 is 0 Å². The molecule has 3 nitrogen and oxygen atoms in total. The molecule has 0 aliphatic carbocycles. The van der Waals surface area contributed by atoms with Crippen LogP contribution in [0.4, 0.5) is 0 Å². The van der Waals surface area contributed by atoms with Crippen molar-refractivity contribution in [3.8, 4) is 0 Å². The van der Waals surface area contributed by atoms with Crippen LogP contribution in [0.3, 0.4) is 0 Å². The summed E-state index contributed by atoms with van der Waals surface area (Å²) in [5, 5.41) is 0. The van der Waals surface area contributed by atoms with Crippen LogP contribution in [0, 0.1) is 5.92 Å². The summed E-state index contributed by atoms with van der Waals surface area (Å²) < 4.78 is 11.2. The average molecular weight is 255 g/mol. The van der Waals surface area contributed by atoms with Gasteiger partial charge in [-0.15, -0.1) is 0 Å². The fourth-order valence-corrected chi connectivity index (χ4v) is 3.23. The predicted molar refractivity (Wildman–Crippen MR) is 73.6 cm³/mol. The number of unbranched alkanes of at least 4 members (excludes halogenated alkanes) is 1. The summed E-state index contributed by atoms with van der Waals surface area (Å²) in [5.41, 5.74) is 6.24. The van der Waals surface area contributed by atoms with Crippen molar-refractivity contribution < 1.29 is 9.47 Å². The standard InChI is InChI=1S/C15H29NO2/c1-15(9-4-10-18-15)14(16)6-3-2-5-13-7-11-17-12-8-13/h13-14H,2-12,16H2,1H3. The topological polar surface area (TPSA) is 44.5 Å². The summed E-state index contributed by atoms with van der Waals surface area (Å²) in [6.07, 6.45) is 9.85. The van der Waals surface area contributed by atoms with Crippen LogP contribution in [0.15, 0.2) is 0 Å². The van der Waals surface area contributed by atoms with Gasteiger partial charge in [-0.1, -0.05) is 19.3 Å². The van der Waals surface area contributed by atoms with E-state index in [0.717, 1.165) is 38.6 Å². The molecule has 2 N–H and O–H groups in total. The second kappa shape index (κ2) is 6.88. The second-order valence-corrected chi connectivity index (χ2v) is 6.21. The van der Waals surface area contributed by atoms with E-state index in [-0.39, 0.29) is 11.6 Å². The summed E-state index contributed by atoms with van der Waals surface area (Å²) in [7, 11) is 0. The number of nitrogens with two attached hydrogens (primary N) is 1. The van der Waals surface area contributed by atoms with Gasteiger partial charge in [-0.25, -0.2) is 0 Å². The van der Waals surface area contributed by atoms with Crippen molar-refractivity contribution in [3.05, 3.63) is 0 Å². The van der Waals surface area contributed by atoms with Crippen LogP contribution in [-0.2, 0) is 9.47 Å². The van der Waals surface area contributed by atoms with E-state index >= 15 is 0 Å². The zero-order valence-corrected chi connectivity index (χ0v) is 11.8. The van der Waals surface area contributed by atoms with Gasteiger partial charge in [0.15, 0.2) is 0 Å². The van der Waals surface area contributed by atoms with E-state index in [2.05, 4.69) is 6.92 Å². The maximum atomic E-state index is 6.29. The fraction of sp³-hybridized carbons (Fsp3) is 1.00. The van der Waals surface area contributed by atoms with Crippen LogP contribution >= 0.6 is 0 Å². The molecule has 2 heterocycles. The van der Waals surface area contributed by atoms with Crippen molar-refractivity contribution in [2.75, 3.05) is 19.8 Å². The summed E-state index contributed by atoms with van der Waals surface area (Å²) in [6, 6.07) is 0.217. The molecule has 3 heteroatoms. The lowest BCUT2D eigenvalue weighted by molar-refractivity contribution is -0.00382. The molecule has 2 saturated heterocycles. The summed E-state index contributed by atoms with van der Waals surface area (Å²) in [4.78, 5) is 0. The fourth-order valence-electron chi connectivity index (χ4n) is 3.23. The Kier molecular flexibility index (Phi) is 5.46. The highest BCUT2D eigenvalue weighted by molar-refractivity contribution is 4.90. The summed E-state index contributed by atoms with van der Waals surface area (Å²) in [5.74, 6) is 0.897. The monoisotopic (exact) mass is 255 g/mol. The molecule has 18 heavy (non-hydrogen) atoms. The smallest absolute Gasteiger partial charge is 0.0805 e. The lowest BCUT2D eigenvalue weighted by Gasteiger charge is -2.30. The number of hydrogen-bond acceptors (Lipinski definition) is 3. The van der Waals surface area contributed by atoms with E-state index in [1.54, 1.807) is 0 Å². The minimum absolute atomic E-state index is 0.0430. The van der Waals surface area contributed by atoms with Gasteiger partial charge in [-0.05, 0) is 44.9 Å². The van der Waals surface area contributed by atoms with Gasteiger partial charge >= 0.3 is 0 Å². The van der Waals surface area contributed by atoms with Crippen molar-refractivity contribution >= 4 is 0 Å². The SMILES string of the molecule is CC1(C(N)CCCCC2CCOCC2)CCCO1. The highest BCUT2D eigenvalue weighted by Gasteiger charge is 2.35. The normalized spacial score (nSPS) is 31.7. The Morgan fingerprint density at radius 2 is 2.00 bits per heavy atom. The highest BCUT2D eigenvalue weighted by Crippen LogP contribution is 2.30. The molecular formula is C15H29NO2.